The van der Waals surface area contributed by atoms with E-state index in [2.05, 4.69) is 39.2 Å². The molecule has 5 nitrogen and oxygen atoms in total. The van der Waals surface area contributed by atoms with Crippen LogP contribution in [-0.2, 0) is 4.74 Å². The monoisotopic (exact) mass is 290 g/mol. The molecule has 0 spiro atoms. The average molecular weight is 290 g/mol. The summed E-state index contributed by atoms with van der Waals surface area (Å²) in [6.07, 6.45) is 1.91. The number of hydrogen-bond donors (Lipinski definition) is 1. The summed E-state index contributed by atoms with van der Waals surface area (Å²) >= 11 is 0. The number of pyridine rings is 1. The second-order valence-electron chi connectivity index (χ2n) is 6.03. The molecule has 0 radical (unpaired) electrons. The zero-order valence-corrected chi connectivity index (χ0v) is 12.9. The third-order valence-electron chi connectivity index (χ3n) is 4.40. The van der Waals surface area contributed by atoms with Crippen LogP contribution in [0.4, 0.5) is 0 Å². The highest BCUT2D eigenvalue weighted by Crippen LogP contribution is 2.22. The van der Waals surface area contributed by atoms with E-state index in [1.807, 2.05) is 12.3 Å². The van der Waals surface area contributed by atoms with Crippen LogP contribution in [0, 0.1) is 0 Å². The van der Waals surface area contributed by atoms with Crippen LogP contribution in [0.5, 0.6) is 0 Å². The van der Waals surface area contributed by atoms with Gasteiger partial charge in [-0.1, -0.05) is 6.07 Å². The molecule has 2 aliphatic rings. The molecule has 1 aromatic heterocycles. The molecule has 2 unspecified atom stereocenters. The van der Waals surface area contributed by atoms with Crippen molar-refractivity contribution in [3.8, 4) is 0 Å². The summed E-state index contributed by atoms with van der Waals surface area (Å²) in [5, 5.41) is 3.53. The van der Waals surface area contributed by atoms with E-state index in [0.29, 0.717) is 12.1 Å². The van der Waals surface area contributed by atoms with Crippen molar-refractivity contribution in [3.63, 3.8) is 0 Å². The van der Waals surface area contributed by atoms with Gasteiger partial charge >= 0.3 is 0 Å². The summed E-state index contributed by atoms with van der Waals surface area (Å²) in [6.45, 7) is 10.3. The van der Waals surface area contributed by atoms with Crippen LogP contribution in [0.15, 0.2) is 24.4 Å². The molecular formula is C16H26N4O. The minimum atomic E-state index is 0.383. The average Bonchev–Trinajstić information content (AvgIpc) is 2.54. The number of nitrogens with zero attached hydrogens (tertiary/aromatic N) is 3. The second kappa shape index (κ2) is 7.31. The maximum Gasteiger partial charge on any atom is 0.0650 e. The summed E-state index contributed by atoms with van der Waals surface area (Å²) in [6, 6.07) is 7.19. The van der Waals surface area contributed by atoms with Gasteiger partial charge in [0.2, 0.25) is 0 Å². The van der Waals surface area contributed by atoms with Gasteiger partial charge in [0, 0.05) is 51.5 Å². The highest BCUT2D eigenvalue weighted by atomic mass is 16.5. The maximum absolute atomic E-state index is 5.47. The van der Waals surface area contributed by atoms with Crippen LogP contribution >= 0.6 is 0 Å². The van der Waals surface area contributed by atoms with Crippen LogP contribution in [0.2, 0.25) is 0 Å². The predicted octanol–water partition coefficient (Wildman–Crippen LogP) is 0.749. The summed E-state index contributed by atoms with van der Waals surface area (Å²) in [5.41, 5.74) is 1.19. The lowest BCUT2D eigenvalue weighted by Gasteiger charge is -2.40. The van der Waals surface area contributed by atoms with Crippen molar-refractivity contribution in [3.05, 3.63) is 30.1 Å². The Morgan fingerprint density at radius 1 is 1.33 bits per heavy atom. The molecule has 3 heterocycles. The Labute approximate surface area is 127 Å². The van der Waals surface area contributed by atoms with Gasteiger partial charge in [0.05, 0.1) is 24.9 Å². The molecule has 0 aromatic carbocycles. The number of piperazine rings is 1. The van der Waals surface area contributed by atoms with Gasteiger partial charge in [0.25, 0.3) is 0 Å². The molecule has 2 fully saturated rings. The molecule has 5 heteroatoms. The van der Waals surface area contributed by atoms with E-state index in [-0.39, 0.29) is 0 Å². The molecule has 21 heavy (non-hydrogen) atoms. The number of morpholine rings is 1. The third-order valence-corrected chi connectivity index (χ3v) is 4.40. The van der Waals surface area contributed by atoms with Gasteiger partial charge in [-0.3, -0.25) is 14.8 Å². The maximum atomic E-state index is 5.47. The van der Waals surface area contributed by atoms with Crippen LogP contribution < -0.4 is 5.32 Å². The summed E-state index contributed by atoms with van der Waals surface area (Å²) in [5.74, 6) is 0. The first-order valence-corrected chi connectivity index (χ1v) is 8.01. The fourth-order valence-electron chi connectivity index (χ4n) is 3.24. The van der Waals surface area contributed by atoms with Crippen LogP contribution in [-0.4, -0.2) is 73.3 Å². The Hall–Kier alpha value is -1.01. The van der Waals surface area contributed by atoms with Crippen molar-refractivity contribution >= 4 is 0 Å². The number of hydrogen-bond acceptors (Lipinski definition) is 5. The SMILES string of the molecule is CC1CN(C(CN2CCOCC2)c2ccccn2)CCN1. The van der Waals surface area contributed by atoms with E-state index >= 15 is 0 Å². The van der Waals surface area contributed by atoms with E-state index in [9.17, 15) is 0 Å². The smallest absolute Gasteiger partial charge is 0.0650 e. The number of ether oxygens (including phenoxy) is 1. The van der Waals surface area contributed by atoms with Gasteiger partial charge in [0.15, 0.2) is 0 Å². The van der Waals surface area contributed by atoms with Crippen molar-refractivity contribution in [1.82, 2.24) is 20.1 Å². The van der Waals surface area contributed by atoms with E-state index in [0.717, 1.165) is 52.5 Å². The first-order valence-electron chi connectivity index (χ1n) is 8.01. The summed E-state index contributed by atoms with van der Waals surface area (Å²) in [7, 11) is 0. The van der Waals surface area contributed by atoms with E-state index in [1.54, 1.807) is 0 Å². The molecule has 0 aliphatic carbocycles. The molecule has 2 saturated heterocycles. The Bertz CT molecular complexity index is 422. The van der Waals surface area contributed by atoms with Gasteiger partial charge < -0.3 is 10.1 Å². The van der Waals surface area contributed by atoms with Crippen molar-refractivity contribution < 1.29 is 4.74 Å². The van der Waals surface area contributed by atoms with E-state index in [1.165, 1.54) is 5.69 Å². The number of aromatic nitrogens is 1. The Morgan fingerprint density at radius 3 is 2.90 bits per heavy atom. The van der Waals surface area contributed by atoms with Crippen LogP contribution in [0.3, 0.4) is 0 Å². The fraction of sp³-hybridized carbons (Fsp3) is 0.688. The number of nitrogens with one attached hydrogen (secondary N) is 1. The minimum Gasteiger partial charge on any atom is -0.379 e. The molecular weight excluding hydrogens is 264 g/mol. The van der Waals surface area contributed by atoms with Gasteiger partial charge in [0.1, 0.15) is 0 Å². The molecule has 1 N–H and O–H groups in total. The molecule has 2 aliphatic heterocycles. The molecule has 2 atom stereocenters. The zero-order valence-electron chi connectivity index (χ0n) is 12.9. The highest BCUT2D eigenvalue weighted by Gasteiger charge is 2.28. The quantitative estimate of drug-likeness (QED) is 0.886. The zero-order chi connectivity index (χ0) is 14.5. The lowest BCUT2D eigenvalue weighted by Crippen LogP contribution is -2.53. The first kappa shape index (κ1) is 14.9. The lowest BCUT2D eigenvalue weighted by molar-refractivity contribution is 0.0181. The topological polar surface area (TPSA) is 40.6 Å². The minimum absolute atomic E-state index is 0.383. The molecule has 3 rings (SSSR count). The van der Waals surface area contributed by atoms with Gasteiger partial charge in [-0.25, -0.2) is 0 Å². The van der Waals surface area contributed by atoms with Crippen molar-refractivity contribution in [2.45, 2.75) is 19.0 Å². The largest absolute Gasteiger partial charge is 0.379 e. The van der Waals surface area contributed by atoms with Gasteiger partial charge in [-0.2, -0.15) is 0 Å². The Morgan fingerprint density at radius 2 is 2.19 bits per heavy atom. The second-order valence-corrected chi connectivity index (χ2v) is 6.03. The Balaban J connectivity index is 1.73. The van der Waals surface area contributed by atoms with Crippen molar-refractivity contribution in [2.24, 2.45) is 0 Å². The van der Waals surface area contributed by atoms with E-state index < -0.39 is 0 Å². The molecule has 0 amide bonds. The van der Waals surface area contributed by atoms with Gasteiger partial charge in [-0.15, -0.1) is 0 Å². The fourth-order valence-corrected chi connectivity index (χ4v) is 3.24. The third kappa shape index (κ3) is 4.01. The van der Waals surface area contributed by atoms with Crippen LogP contribution in [0.25, 0.3) is 0 Å². The summed E-state index contributed by atoms with van der Waals surface area (Å²) in [4.78, 5) is 9.72. The predicted molar refractivity (Wildman–Crippen MR) is 83.3 cm³/mol. The molecule has 0 saturated carbocycles. The molecule has 0 bridgehead atoms. The molecule has 1 aromatic rings. The standard InChI is InChI=1S/C16H26N4O/c1-14-12-20(7-6-17-14)16(15-4-2-3-5-18-15)13-19-8-10-21-11-9-19/h2-5,14,16-17H,6-13H2,1H3. The first-order chi connectivity index (χ1) is 10.3. The van der Waals surface area contributed by atoms with E-state index in [4.69, 9.17) is 4.74 Å². The normalized spacial score (nSPS) is 26.6. The van der Waals surface area contributed by atoms with Gasteiger partial charge in [-0.05, 0) is 19.1 Å². The van der Waals surface area contributed by atoms with Crippen molar-refractivity contribution in [2.75, 3.05) is 52.5 Å². The molecule has 116 valence electrons. The van der Waals surface area contributed by atoms with Crippen LogP contribution in [0.1, 0.15) is 18.7 Å². The highest BCUT2D eigenvalue weighted by molar-refractivity contribution is 5.10. The summed E-state index contributed by atoms with van der Waals surface area (Å²) < 4.78 is 5.47. The Kier molecular flexibility index (Phi) is 5.19. The van der Waals surface area contributed by atoms with Crippen molar-refractivity contribution in [1.29, 1.82) is 0 Å². The lowest BCUT2D eigenvalue weighted by atomic mass is 10.1. The number of rotatable bonds is 4.